The molecule has 1 amide bonds. The third-order valence-corrected chi connectivity index (χ3v) is 4.06. The third kappa shape index (κ3) is 4.48. The van der Waals surface area contributed by atoms with Crippen LogP contribution < -0.4 is 10.1 Å². The van der Waals surface area contributed by atoms with Gasteiger partial charge in [0.25, 0.3) is 5.91 Å². The first kappa shape index (κ1) is 15.9. The molecule has 0 radical (unpaired) electrons. The topological polar surface area (TPSA) is 38.3 Å². The molecule has 0 aliphatic rings. The Bertz CT molecular complexity index is 673. The fraction of sp³-hybridized carbons (Fsp3) is 0.188. The maximum atomic E-state index is 11.9. The van der Waals surface area contributed by atoms with Crippen molar-refractivity contribution in [3.63, 3.8) is 0 Å². The Labute approximate surface area is 137 Å². The van der Waals surface area contributed by atoms with Crippen molar-refractivity contribution in [2.45, 2.75) is 13.8 Å². The van der Waals surface area contributed by atoms with Crippen LogP contribution in [0.1, 0.15) is 11.1 Å². The maximum absolute atomic E-state index is 11.9. The Kier molecular flexibility index (Phi) is 5.26. The molecular weight excluding hydrogens is 354 g/mol. The molecular formula is C16H15BrClNO2. The van der Waals surface area contributed by atoms with Crippen molar-refractivity contribution in [2.75, 3.05) is 11.9 Å². The summed E-state index contributed by atoms with van der Waals surface area (Å²) in [7, 11) is 0. The molecule has 0 saturated heterocycles. The molecule has 0 atom stereocenters. The van der Waals surface area contributed by atoms with Gasteiger partial charge in [-0.25, -0.2) is 0 Å². The average Bonchev–Trinajstić information content (AvgIpc) is 2.42. The molecule has 0 aromatic heterocycles. The van der Waals surface area contributed by atoms with Crippen molar-refractivity contribution in [3.8, 4) is 5.75 Å². The lowest BCUT2D eigenvalue weighted by Crippen LogP contribution is -2.20. The quantitative estimate of drug-likeness (QED) is 0.846. The van der Waals surface area contributed by atoms with Crippen molar-refractivity contribution in [1.29, 1.82) is 0 Å². The van der Waals surface area contributed by atoms with Gasteiger partial charge in [-0.15, -0.1) is 0 Å². The first-order valence-electron chi connectivity index (χ1n) is 6.40. The summed E-state index contributed by atoms with van der Waals surface area (Å²) in [4.78, 5) is 11.9. The van der Waals surface area contributed by atoms with Crippen molar-refractivity contribution in [3.05, 3.63) is 57.0 Å². The summed E-state index contributed by atoms with van der Waals surface area (Å²) in [5.74, 6) is 0.451. The molecule has 3 nitrogen and oxygen atoms in total. The van der Waals surface area contributed by atoms with Crippen LogP contribution in [0.15, 0.2) is 40.9 Å². The molecule has 2 rings (SSSR count). The first-order chi connectivity index (χ1) is 9.95. The van der Waals surface area contributed by atoms with Gasteiger partial charge in [-0.05, 0) is 61.4 Å². The van der Waals surface area contributed by atoms with Gasteiger partial charge in [0.1, 0.15) is 5.75 Å². The molecule has 110 valence electrons. The molecule has 1 N–H and O–H groups in total. The Morgan fingerprint density at radius 2 is 1.95 bits per heavy atom. The maximum Gasteiger partial charge on any atom is 0.262 e. The molecule has 0 spiro atoms. The van der Waals surface area contributed by atoms with Crippen LogP contribution in [-0.4, -0.2) is 12.5 Å². The molecule has 0 heterocycles. The predicted molar refractivity (Wildman–Crippen MR) is 89.2 cm³/mol. The van der Waals surface area contributed by atoms with Gasteiger partial charge in [0.2, 0.25) is 0 Å². The van der Waals surface area contributed by atoms with Gasteiger partial charge in [0.05, 0.1) is 0 Å². The number of ether oxygens (including phenoxy) is 1. The van der Waals surface area contributed by atoms with E-state index in [1.54, 1.807) is 18.2 Å². The van der Waals surface area contributed by atoms with Crippen LogP contribution in [0.3, 0.4) is 0 Å². The van der Waals surface area contributed by atoms with E-state index in [1.807, 2.05) is 32.0 Å². The number of hydrogen-bond acceptors (Lipinski definition) is 2. The molecule has 0 aliphatic heterocycles. The van der Waals surface area contributed by atoms with Crippen molar-refractivity contribution in [2.24, 2.45) is 0 Å². The number of anilines is 1. The standard InChI is InChI=1S/C16H15BrClNO2/c1-10-8-13(4-5-14(10)17)19-16(20)9-21-15-6-3-12(18)7-11(15)2/h3-8H,9H2,1-2H3,(H,19,20). The Hall–Kier alpha value is -1.52. The van der Waals surface area contributed by atoms with E-state index in [0.29, 0.717) is 10.8 Å². The summed E-state index contributed by atoms with van der Waals surface area (Å²) in [6.45, 7) is 3.81. The molecule has 0 unspecified atom stereocenters. The second kappa shape index (κ2) is 6.96. The largest absolute Gasteiger partial charge is 0.483 e. The Morgan fingerprint density at radius 1 is 1.19 bits per heavy atom. The highest BCUT2D eigenvalue weighted by molar-refractivity contribution is 9.10. The summed E-state index contributed by atoms with van der Waals surface area (Å²) in [5.41, 5.74) is 2.70. The normalized spacial score (nSPS) is 10.3. The van der Waals surface area contributed by atoms with Gasteiger partial charge in [-0.2, -0.15) is 0 Å². The summed E-state index contributed by atoms with van der Waals surface area (Å²) < 4.78 is 6.51. The fourth-order valence-corrected chi connectivity index (χ4v) is 2.31. The van der Waals surface area contributed by atoms with Crippen LogP contribution in [0, 0.1) is 13.8 Å². The van der Waals surface area contributed by atoms with E-state index in [0.717, 1.165) is 21.3 Å². The fourth-order valence-electron chi connectivity index (χ4n) is 1.84. The van der Waals surface area contributed by atoms with Crippen LogP contribution in [0.2, 0.25) is 5.02 Å². The summed E-state index contributed by atoms with van der Waals surface area (Å²) >= 11 is 9.30. The number of hydrogen-bond donors (Lipinski definition) is 1. The van der Waals surface area contributed by atoms with Gasteiger partial charge in [-0.1, -0.05) is 27.5 Å². The van der Waals surface area contributed by atoms with Crippen LogP contribution in [0.5, 0.6) is 5.75 Å². The van der Waals surface area contributed by atoms with Crippen LogP contribution in [0.25, 0.3) is 0 Å². The molecule has 0 aliphatic carbocycles. The van der Waals surface area contributed by atoms with Crippen molar-refractivity contribution >= 4 is 39.1 Å². The van der Waals surface area contributed by atoms with E-state index >= 15 is 0 Å². The van der Waals surface area contributed by atoms with Gasteiger partial charge >= 0.3 is 0 Å². The van der Waals surface area contributed by atoms with Crippen LogP contribution >= 0.6 is 27.5 Å². The predicted octanol–water partition coefficient (Wildman–Crippen LogP) is 4.74. The molecule has 21 heavy (non-hydrogen) atoms. The summed E-state index contributed by atoms with van der Waals surface area (Å²) in [6.07, 6.45) is 0. The zero-order valence-corrected chi connectivity index (χ0v) is 14.1. The second-order valence-electron chi connectivity index (χ2n) is 4.71. The second-order valence-corrected chi connectivity index (χ2v) is 6.00. The lowest BCUT2D eigenvalue weighted by atomic mass is 10.2. The number of carbonyl (C=O) groups is 1. The number of halogens is 2. The van der Waals surface area contributed by atoms with E-state index in [9.17, 15) is 4.79 Å². The van der Waals surface area contributed by atoms with Crippen molar-refractivity contribution < 1.29 is 9.53 Å². The van der Waals surface area contributed by atoms with E-state index in [4.69, 9.17) is 16.3 Å². The van der Waals surface area contributed by atoms with Crippen LogP contribution in [-0.2, 0) is 4.79 Å². The molecule has 0 saturated carbocycles. The number of aryl methyl sites for hydroxylation is 2. The minimum atomic E-state index is -0.203. The lowest BCUT2D eigenvalue weighted by Gasteiger charge is -2.10. The summed E-state index contributed by atoms with van der Waals surface area (Å²) in [5, 5.41) is 3.45. The highest BCUT2D eigenvalue weighted by Gasteiger charge is 2.06. The van der Waals surface area contributed by atoms with E-state index in [-0.39, 0.29) is 12.5 Å². The number of nitrogens with one attached hydrogen (secondary N) is 1. The minimum Gasteiger partial charge on any atom is -0.483 e. The highest BCUT2D eigenvalue weighted by atomic mass is 79.9. The molecule has 2 aromatic rings. The van der Waals surface area contributed by atoms with Gasteiger partial charge in [0, 0.05) is 15.2 Å². The average molecular weight is 369 g/mol. The Balaban J connectivity index is 1.94. The zero-order chi connectivity index (χ0) is 15.4. The van der Waals surface area contributed by atoms with Gasteiger partial charge < -0.3 is 10.1 Å². The SMILES string of the molecule is Cc1cc(NC(=O)COc2ccc(Cl)cc2C)ccc1Br. The molecule has 5 heteroatoms. The number of carbonyl (C=O) groups excluding carboxylic acids is 1. The Morgan fingerprint density at radius 3 is 2.62 bits per heavy atom. The van der Waals surface area contributed by atoms with Gasteiger partial charge in [0.15, 0.2) is 6.61 Å². The number of benzene rings is 2. The lowest BCUT2D eigenvalue weighted by molar-refractivity contribution is -0.118. The first-order valence-corrected chi connectivity index (χ1v) is 7.58. The van der Waals surface area contributed by atoms with E-state index in [2.05, 4.69) is 21.2 Å². The molecule has 0 fully saturated rings. The molecule has 0 bridgehead atoms. The smallest absolute Gasteiger partial charge is 0.262 e. The summed E-state index contributed by atoms with van der Waals surface area (Å²) in [6, 6.07) is 10.9. The minimum absolute atomic E-state index is 0.0441. The van der Waals surface area contributed by atoms with E-state index in [1.165, 1.54) is 0 Å². The van der Waals surface area contributed by atoms with Crippen LogP contribution in [0.4, 0.5) is 5.69 Å². The molecule has 2 aromatic carbocycles. The monoisotopic (exact) mass is 367 g/mol. The number of rotatable bonds is 4. The third-order valence-electron chi connectivity index (χ3n) is 2.94. The zero-order valence-electron chi connectivity index (χ0n) is 11.7. The van der Waals surface area contributed by atoms with E-state index < -0.39 is 0 Å². The number of amides is 1. The van der Waals surface area contributed by atoms with Gasteiger partial charge in [-0.3, -0.25) is 4.79 Å². The van der Waals surface area contributed by atoms with Crippen molar-refractivity contribution in [1.82, 2.24) is 0 Å². The highest BCUT2D eigenvalue weighted by Crippen LogP contribution is 2.22.